The van der Waals surface area contributed by atoms with E-state index in [1.54, 1.807) is 0 Å². The molecule has 0 N–H and O–H groups in total. The van der Waals surface area contributed by atoms with Crippen LogP contribution in [0.25, 0.3) is 0 Å². The topological polar surface area (TPSA) is 0 Å². The zero-order chi connectivity index (χ0) is 15.6. The molecule has 0 aromatic rings. The van der Waals surface area contributed by atoms with E-state index >= 15 is 0 Å². The molecule has 0 amide bonds. The summed E-state index contributed by atoms with van der Waals surface area (Å²) in [5.41, 5.74) is 0. The summed E-state index contributed by atoms with van der Waals surface area (Å²) in [5.74, 6) is 14.2. The van der Waals surface area contributed by atoms with Gasteiger partial charge in [0, 0.05) is 57.0 Å². The highest BCUT2D eigenvalue weighted by Gasteiger charge is 2.09. The first kappa shape index (κ1) is 23.8. The molecule has 0 bridgehead atoms. The highest BCUT2D eigenvalue weighted by atomic mass is 32.2. The first-order valence-electron chi connectivity index (χ1n) is 7.10. The Morgan fingerprint density at radius 1 is 0.524 bits per heavy atom. The number of hydrogen-bond donors (Lipinski definition) is 3. The van der Waals surface area contributed by atoms with Gasteiger partial charge in [0.05, 0.1) is 0 Å². The largest absolute Gasteiger partial charge is 0.179 e. The maximum Gasteiger partial charge on any atom is 0.0229 e. The standard InChI is InChI=1S/C13H28S8/c14-1-4-17-7-8-20-12-13(11-19-6-3-16)21-10-9-18-5-2-15/h13-16H,1-12H2. The maximum absolute atomic E-state index is 4.30. The molecule has 0 aromatic carbocycles. The molecule has 0 heterocycles. The normalized spacial score (nSPS) is 12.7. The Bertz CT molecular complexity index is 193. The lowest BCUT2D eigenvalue weighted by Gasteiger charge is -2.16. The van der Waals surface area contributed by atoms with Crippen molar-refractivity contribution in [1.82, 2.24) is 0 Å². The van der Waals surface area contributed by atoms with Crippen molar-refractivity contribution in [2.45, 2.75) is 5.25 Å². The number of hydrogen-bond acceptors (Lipinski definition) is 8. The molecule has 0 rings (SSSR count). The third kappa shape index (κ3) is 19.0. The van der Waals surface area contributed by atoms with Gasteiger partial charge in [0.15, 0.2) is 0 Å². The molecular formula is C13H28S8. The van der Waals surface area contributed by atoms with Crippen LogP contribution >= 0.6 is 96.7 Å². The van der Waals surface area contributed by atoms with Crippen LogP contribution in [0.4, 0.5) is 0 Å². The lowest BCUT2D eigenvalue weighted by molar-refractivity contribution is 1.14. The molecule has 0 fully saturated rings. The van der Waals surface area contributed by atoms with Crippen molar-refractivity contribution in [3.8, 4) is 0 Å². The van der Waals surface area contributed by atoms with Crippen LogP contribution in [0.15, 0.2) is 0 Å². The van der Waals surface area contributed by atoms with Crippen LogP contribution in [-0.2, 0) is 0 Å². The van der Waals surface area contributed by atoms with Crippen molar-refractivity contribution >= 4 is 96.7 Å². The van der Waals surface area contributed by atoms with Crippen molar-refractivity contribution in [2.75, 3.05) is 69.0 Å². The number of thiol groups is 3. The quantitative estimate of drug-likeness (QED) is 0.219. The van der Waals surface area contributed by atoms with E-state index in [-0.39, 0.29) is 0 Å². The Hall–Kier alpha value is 2.80. The Morgan fingerprint density at radius 2 is 0.952 bits per heavy atom. The summed E-state index contributed by atoms with van der Waals surface area (Å²) in [5, 5.41) is 0.798. The van der Waals surface area contributed by atoms with Gasteiger partial charge in [-0.15, -0.1) is 0 Å². The second kappa shape index (κ2) is 20.8. The van der Waals surface area contributed by atoms with Crippen LogP contribution in [0.1, 0.15) is 0 Å². The predicted octanol–water partition coefficient (Wildman–Crippen LogP) is 4.81. The third-order valence-electron chi connectivity index (χ3n) is 2.27. The van der Waals surface area contributed by atoms with Crippen LogP contribution in [0.2, 0.25) is 0 Å². The minimum Gasteiger partial charge on any atom is -0.179 e. The molecule has 0 saturated heterocycles. The van der Waals surface area contributed by atoms with Crippen LogP contribution in [-0.4, -0.2) is 74.3 Å². The van der Waals surface area contributed by atoms with E-state index in [2.05, 4.69) is 73.2 Å². The smallest absolute Gasteiger partial charge is 0.0229 e. The SMILES string of the molecule is SCCSCCSCC(CSCCS)SCCSCCS. The van der Waals surface area contributed by atoms with E-state index < -0.39 is 0 Å². The Morgan fingerprint density at radius 3 is 1.52 bits per heavy atom. The van der Waals surface area contributed by atoms with E-state index in [0.717, 1.165) is 22.5 Å². The van der Waals surface area contributed by atoms with Gasteiger partial charge in [0.25, 0.3) is 0 Å². The van der Waals surface area contributed by atoms with Gasteiger partial charge in [-0.1, -0.05) is 0 Å². The van der Waals surface area contributed by atoms with Crippen molar-refractivity contribution in [2.24, 2.45) is 0 Å². The first-order valence-corrected chi connectivity index (χ1v) is 14.7. The Balaban J connectivity index is 3.64. The fourth-order valence-corrected chi connectivity index (χ4v) is 8.04. The van der Waals surface area contributed by atoms with Gasteiger partial charge >= 0.3 is 0 Å². The van der Waals surface area contributed by atoms with Gasteiger partial charge in [-0.25, -0.2) is 0 Å². The van der Waals surface area contributed by atoms with Gasteiger partial charge in [0.2, 0.25) is 0 Å². The predicted molar refractivity (Wildman–Crippen MR) is 127 cm³/mol. The summed E-state index contributed by atoms with van der Waals surface area (Å²) in [6.07, 6.45) is 0. The molecule has 1 atom stereocenters. The molecular weight excluding hydrogens is 413 g/mol. The van der Waals surface area contributed by atoms with Crippen molar-refractivity contribution in [1.29, 1.82) is 0 Å². The average Bonchev–Trinajstić information content (AvgIpc) is 2.50. The molecule has 8 heteroatoms. The first-order chi connectivity index (χ1) is 10.3. The lowest BCUT2D eigenvalue weighted by Crippen LogP contribution is -2.13. The van der Waals surface area contributed by atoms with Gasteiger partial charge in [-0.05, 0) is 17.3 Å². The van der Waals surface area contributed by atoms with E-state index in [1.807, 2.05) is 23.5 Å². The van der Waals surface area contributed by atoms with Gasteiger partial charge < -0.3 is 0 Å². The summed E-state index contributed by atoms with van der Waals surface area (Å²) < 4.78 is 0. The van der Waals surface area contributed by atoms with Crippen molar-refractivity contribution in [3.63, 3.8) is 0 Å². The Kier molecular flexibility index (Phi) is 23.6. The third-order valence-corrected chi connectivity index (χ3v) is 10.3. The summed E-state index contributed by atoms with van der Waals surface area (Å²) in [4.78, 5) is 0. The molecule has 0 saturated carbocycles. The molecule has 0 aliphatic carbocycles. The number of thioether (sulfide) groups is 5. The fraction of sp³-hybridized carbons (Fsp3) is 1.00. The van der Waals surface area contributed by atoms with Crippen molar-refractivity contribution < 1.29 is 0 Å². The average molecular weight is 441 g/mol. The summed E-state index contributed by atoms with van der Waals surface area (Å²) >= 11 is 23.2. The molecule has 0 radical (unpaired) electrons. The second-order valence-corrected chi connectivity index (χ2v) is 11.5. The molecule has 128 valence electrons. The van der Waals surface area contributed by atoms with E-state index in [4.69, 9.17) is 0 Å². The van der Waals surface area contributed by atoms with Crippen molar-refractivity contribution in [3.05, 3.63) is 0 Å². The van der Waals surface area contributed by atoms with Gasteiger partial charge in [0.1, 0.15) is 0 Å². The molecule has 0 aromatic heterocycles. The van der Waals surface area contributed by atoms with Crippen LogP contribution in [0.3, 0.4) is 0 Å². The van der Waals surface area contributed by atoms with Crippen LogP contribution in [0.5, 0.6) is 0 Å². The molecule has 0 spiro atoms. The van der Waals surface area contributed by atoms with Crippen LogP contribution in [0, 0.1) is 0 Å². The Labute approximate surface area is 169 Å². The molecule has 0 nitrogen and oxygen atoms in total. The zero-order valence-electron chi connectivity index (χ0n) is 12.4. The van der Waals surface area contributed by atoms with Crippen LogP contribution < -0.4 is 0 Å². The summed E-state index contributed by atoms with van der Waals surface area (Å²) in [7, 11) is 0. The highest BCUT2D eigenvalue weighted by molar-refractivity contribution is 8.07. The fourth-order valence-electron chi connectivity index (χ4n) is 1.36. The summed E-state index contributed by atoms with van der Waals surface area (Å²) in [6, 6.07) is 0. The van der Waals surface area contributed by atoms with Gasteiger partial charge in [-0.2, -0.15) is 96.7 Å². The lowest BCUT2D eigenvalue weighted by atomic mass is 10.5. The molecule has 1 unspecified atom stereocenters. The minimum atomic E-state index is 0.798. The monoisotopic (exact) mass is 440 g/mol. The maximum atomic E-state index is 4.30. The van der Waals surface area contributed by atoms with E-state index in [9.17, 15) is 0 Å². The second-order valence-electron chi connectivity index (χ2n) is 4.04. The molecule has 0 aliphatic rings. The van der Waals surface area contributed by atoms with Gasteiger partial charge in [-0.3, -0.25) is 0 Å². The highest BCUT2D eigenvalue weighted by Crippen LogP contribution is 2.23. The minimum absolute atomic E-state index is 0.798. The molecule has 0 aliphatic heterocycles. The molecule has 21 heavy (non-hydrogen) atoms. The number of rotatable bonds is 17. The zero-order valence-corrected chi connectivity index (χ0v) is 19.2. The van der Waals surface area contributed by atoms with E-state index in [0.29, 0.717) is 0 Å². The summed E-state index contributed by atoms with van der Waals surface area (Å²) in [6.45, 7) is 0. The van der Waals surface area contributed by atoms with E-state index in [1.165, 1.54) is 51.8 Å².